The van der Waals surface area contributed by atoms with Gasteiger partial charge >= 0.3 is 0 Å². The van der Waals surface area contributed by atoms with E-state index in [-0.39, 0.29) is 4.75 Å². The molecule has 0 N–H and O–H groups in total. The Morgan fingerprint density at radius 2 is 2.08 bits per heavy atom. The molecule has 1 atom stereocenters. The molecule has 0 radical (unpaired) electrons. The molecule has 1 aliphatic rings. The number of hydrogen-bond donors (Lipinski definition) is 0. The van der Waals surface area contributed by atoms with E-state index in [0.29, 0.717) is 0 Å². The smallest absolute Gasteiger partial charge is 0.144 e. The van der Waals surface area contributed by atoms with Crippen molar-refractivity contribution in [2.24, 2.45) is 10.3 Å². The fourth-order valence-electron chi connectivity index (χ4n) is 1.15. The average Bonchev–Trinajstić information content (AvgIpc) is 1.91. The Balaban J connectivity index is 2.26. The SMILES string of the molecule is CC(C)(C)S(=O)/N=C/CC1CCC1. The zero-order valence-corrected chi connectivity index (χ0v) is 9.56. The largest absolute Gasteiger partial charge is 0.234 e. The molecule has 0 aromatic heterocycles. The Labute approximate surface area is 83.4 Å². The molecule has 2 nitrogen and oxygen atoms in total. The third-order valence-corrected chi connectivity index (χ3v) is 3.75. The Morgan fingerprint density at radius 3 is 2.46 bits per heavy atom. The van der Waals surface area contributed by atoms with Crippen LogP contribution < -0.4 is 0 Å². The highest BCUT2D eigenvalue weighted by Gasteiger charge is 2.19. The minimum Gasteiger partial charge on any atom is -0.234 e. The van der Waals surface area contributed by atoms with Crippen molar-refractivity contribution in [2.75, 3.05) is 0 Å². The van der Waals surface area contributed by atoms with Crippen LogP contribution in [0, 0.1) is 5.92 Å². The van der Waals surface area contributed by atoms with Crippen LogP contribution in [0.25, 0.3) is 0 Å². The molecule has 0 saturated heterocycles. The molecule has 1 unspecified atom stereocenters. The maximum absolute atomic E-state index is 11.5. The molecule has 1 aliphatic carbocycles. The van der Waals surface area contributed by atoms with Crippen LogP contribution >= 0.6 is 0 Å². The van der Waals surface area contributed by atoms with Crippen molar-refractivity contribution in [3.8, 4) is 0 Å². The molecule has 1 fully saturated rings. The highest BCUT2D eigenvalue weighted by Crippen LogP contribution is 2.28. The van der Waals surface area contributed by atoms with Gasteiger partial charge < -0.3 is 0 Å². The zero-order valence-electron chi connectivity index (χ0n) is 8.75. The summed E-state index contributed by atoms with van der Waals surface area (Å²) in [5.41, 5.74) is 0. The maximum Gasteiger partial charge on any atom is 0.144 e. The summed E-state index contributed by atoms with van der Waals surface area (Å²) in [5.74, 6) is 0.820. The van der Waals surface area contributed by atoms with Gasteiger partial charge in [-0.2, -0.15) is 4.40 Å². The topological polar surface area (TPSA) is 29.4 Å². The quantitative estimate of drug-likeness (QED) is 0.646. The predicted molar refractivity (Wildman–Crippen MR) is 58.3 cm³/mol. The van der Waals surface area contributed by atoms with Crippen molar-refractivity contribution < 1.29 is 4.21 Å². The van der Waals surface area contributed by atoms with Gasteiger partial charge in [0.25, 0.3) is 0 Å². The number of rotatable bonds is 3. The number of nitrogens with zero attached hydrogens (tertiary/aromatic N) is 1. The van der Waals surface area contributed by atoms with Gasteiger partial charge in [0.2, 0.25) is 0 Å². The molecule has 0 bridgehead atoms. The van der Waals surface area contributed by atoms with E-state index in [4.69, 9.17) is 0 Å². The molecule has 1 rings (SSSR count). The first-order valence-electron chi connectivity index (χ1n) is 4.94. The summed E-state index contributed by atoms with van der Waals surface area (Å²) >= 11 is 0. The third-order valence-electron chi connectivity index (χ3n) is 2.36. The van der Waals surface area contributed by atoms with E-state index in [1.165, 1.54) is 19.3 Å². The van der Waals surface area contributed by atoms with Crippen LogP contribution in [0.5, 0.6) is 0 Å². The molecular formula is C10H19NOS. The van der Waals surface area contributed by atoms with Gasteiger partial charge in [-0.3, -0.25) is 0 Å². The van der Waals surface area contributed by atoms with Crippen LogP contribution in [0.3, 0.4) is 0 Å². The molecule has 0 spiro atoms. The van der Waals surface area contributed by atoms with Gasteiger partial charge in [0, 0.05) is 6.21 Å². The standard InChI is InChI=1S/C10H19NOS/c1-10(2,3)13(12)11-8-7-9-5-4-6-9/h8-9H,4-7H2,1-3H3/b11-8+. The first-order chi connectivity index (χ1) is 6.00. The molecule has 0 aromatic rings. The fourth-order valence-corrected chi connectivity index (χ4v) is 1.68. The van der Waals surface area contributed by atoms with E-state index in [9.17, 15) is 4.21 Å². The summed E-state index contributed by atoms with van der Waals surface area (Å²) in [7, 11) is -1.06. The molecule has 13 heavy (non-hydrogen) atoms. The first-order valence-corrected chi connectivity index (χ1v) is 6.05. The molecule has 0 aromatic carbocycles. The maximum atomic E-state index is 11.5. The Bertz CT molecular complexity index is 213. The summed E-state index contributed by atoms with van der Waals surface area (Å²) in [6.07, 6.45) is 6.89. The second kappa shape index (κ2) is 4.36. The van der Waals surface area contributed by atoms with E-state index < -0.39 is 11.0 Å². The van der Waals surface area contributed by atoms with Crippen LogP contribution in [-0.4, -0.2) is 15.2 Å². The summed E-state index contributed by atoms with van der Waals surface area (Å²) in [5, 5.41) is 0. The minimum atomic E-state index is -1.06. The van der Waals surface area contributed by atoms with Crippen molar-refractivity contribution in [2.45, 2.75) is 51.2 Å². The molecule has 76 valence electrons. The van der Waals surface area contributed by atoms with Crippen LogP contribution in [-0.2, 0) is 11.0 Å². The second-order valence-corrected chi connectivity index (χ2v) is 6.62. The van der Waals surface area contributed by atoms with Gasteiger partial charge in [-0.05, 0) is 33.1 Å². The van der Waals surface area contributed by atoms with Gasteiger partial charge in [-0.25, -0.2) is 4.21 Å². The van der Waals surface area contributed by atoms with Crippen LogP contribution in [0.4, 0.5) is 0 Å². The predicted octanol–water partition coefficient (Wildman–Crippen LogP) is 2.71. The molecule has 0 heterocycles. The lowest BCUT2D eigenvalue weighted by Crippen LogP contribution is -2.20. The Kier molecular flexibility index (Phi) is 3.65. The minimum absolute atomic E-state index is 0.212. The van der Waals surface area contributed by atoms with Crippen LogP contribution in [0.15, 0.2) is 4.40 Å². The van der Waals surface area contributed by atoms with E-state index in [1.807, 2.05) is 27.0 Å². The normalized spacial score (nSPS) is 21.8. The van der Waals surface area contributed by atoms with Gasteiger partial charge in [-0.1, -0.05) is 19.3 Å². The van der Waals surface area contributed by atoms with Crippen LogP contribution in [0.1, 0.15) is 46.5 Å². The van der Waals surface area contributed by atoms with Gasteiger partial charge in [-0.15, -0.1) is 0 Å². The summed E-state index contributed by atoms with van der Waals surface area (Å²) < 4.78 is 15.3. The molecular weight excluding hydrogens is 182 g/mol. The number of hydrogen-bond acceptors (Lipinski definition) is 1. The zero-order chi connectivity index (χ0) is 9.90. The summed E-state index contributed by atoms with van der Waals surface area (Å²) in [4.78, 5) is 0. The van der Waals surface area contributed by atoms with Gasteiger partial charge in [0.05, 0.1) is 4.75 Å². The van der Waals surface area contributed by atoms with Crippen molar-refractivity contribution in [1.29, 1.82) is 0 Å². The highest BCUT2D eigenvalue weighted by atomic mass is 32.2. The Morgan fingerprint density at radius 1 is 1.46 bits per heavy atom. The highest BCUT2D eigenvalue weighted by molar-refractivity contribution is 7.85. The van der Waals surface area contributed by atoms with E-state index in [2.05, 4.69) is 4.40 Å². The van der Waals surface area contributed by atoms with Crippen molar-refractivity contribution >= 4 is 17.2 Å². The summed E-state index contributed by atoms with van der Waals surface area (Å²) in [6, 6.07) is 0. The van der Waals surface area contributed by atoms with Crippen LogP contribution in [0.2, 0.25) is 0 Å². The fraction of sp³-hybridized carbons (Fsp3) is 0.900. The van der Waals surface area contributed by atoms with Crippen molar-refractivity contribution in [1.82, 2.24) is 0 Å². The van der Waals surface area contributed by atoms with E-state index in [1.54, 1.807) is 0 Å². The average molecular weight is 201 g/mol. The molecule has 3 heteroatoms. The lowest BCUT2D eigenvalue weighted by atomic mass is 9.83. The van der Waals surface area contributed by atoms with E-state index in [0.717, 1.165) is 12.3 Å². The summed E-state index contributed by atoms with van der Waals surface area (Å²) in [6.45, 7) is 5.84. The lowest BCUT2D eigenvalue weighted by Gasteiger charge is -2.23. The first kappa shape index (κ1) is 10.9. The van der Waals surface area contributed by atoms with E-state index >= 15 is 0 Å². The van der Waals surface area contributed by atoms with Crippen molar-refractivity contribution in [3.63, 3.8) is 0 Å². The van der Waals surface area contributed by atoms with Gasteiger partial charge in [0.1, 0.15) is 11.0 Å². The second-order valence-electron chi connectivity index (χ2n) is 4.68. The molecule has 0 aliphatic heterocycles. The molecule has 1 saturated carbocycles. The third kappa shape index (κ3) is 3.59. The molecule has 0 amide bonds. The Hall–Kier alpha value is -0.180. The van der Waals surface area contributed by atoms with Gasteiger partial charge in [0.15, 0.2) is 0 Å². The van der Waals surface area contributed by atoms with Crippen molar-refractivity contribution in [3.05, 3.63) is 0 Å². The lowest BCUT2D eigenvalue weighted by molar-refractivity contribution is 0.329. The monoisotopic (exact) mass is 201 g/mol.